The number of aliphatic hydroxyl groups is 1. The molecule has 104 valence electrons. The summed E-state index contributed by atoms with van der Waals surface area (Å²) in [5, 5.41) is 17.6. The Bertz CT molecular complexity index is 598. The molecule has 5 nitrogen and oxygen atoms in total. The number of azo groups is 1. The van der Waals surface area contributed by atoms with Crippen LogP contribution in [0.2, 0.25) is 0 Å². The number of carbonyl (C=O) groups excluding carboxylic acids is 1. The summed E-state index contributed by atoms with van der Waals surface area (Å²) >= 11 is 0. The first-order valence-corrected chi connectivity index (χ1v) is 6.37. The van der Waals surface area contributed by atoms with Crippen molar-refractivity contribution in [2.45, 2.75) is 13.8 Å². The number of hydrogen-bond acceptors (Lipinski definition) is 5. The van der Waals surface area contributed by atoms with Gasteiger partial charge in [-0.15, -0.1) is 5.11 Å². The Labute approximate surface area is 117 Å². The second-order valence-electron chi connectivity index (χ2n) is 4.39. The molecule has 0 saturated carbocycles. The lowest BCUT2D eigenvalue weighted by molar-refractivity contribution is -0.138. The SMILES string of the molecule is CCOC(=O)C1=C(O)C=C(c2ccc(C)cc2)CN=N1. The molecule has 0 bridgehead atoms. The molecule has 0 unspecified atom stereocenters. The van der Waals surface area contributed by atoms with Crippen molar-refractivity contribution in [2.24, 2.45) is 10.2 Å². The van der Waals surface area contributed by atoms with Crippen molar-refractivity contribution in [2.75, 3.05) is 13.2 Å². The summed E-state index contributed by atoms with van der Waals surface area (Å²) in [5.41, 5.74) is 2.72. The number of aliphatic hydroxyl groups excluding tert-OH is 1. The van der Waals surface area contributed by atoms with Gasteiger partial charge in [-0.3, -0.25) is 0 Å². The number of allylic oxidation sites excluding steroid dienone is 1. The molecule has 5 heteroatoms. The number of ether oxygens (including phenoxy) is 1. The number of carbonyl (C=O) groups is 1. The summed E-state index contributed by atoms with van der Waals surface area (Å²) in [6.45, 7) is 4.22. The number of hydrogen-bond donors (Lipinski definition) is 1. The van der Waals surface area contributed by atoms with Crippen LogP contribution in [0, 0.1) is 6.92 Å². The van der Waals surface area contributed by atoms with E-state index in [1.54, 1.807) is 6.92 Å². The molecule has 0 amide bonds. The van der Waals surface area contributed by atoms with Gasteiger partial charge in [0.05, 0.1) is 13.2 Å². The molecular weight excluding hydrogens is 256 g/mol. The first-order chi connectivity index (χ1) is 9.61. The van der Waals surface area contributed by atoms with E-state index in [0.717, 1.165) is 16.7 Å². The third-order valence-electron chi connectivity index (χ3n) is 2.86. The molecule has 1 aromatic carbocycles. The Kier molecular flexibility index (Phi) is 4.30. The first kappa shape index (κ1) is 14.0. The van der Waals surface area contributed by atoms with Gasteiger partial charge in [-0.2, -0.15) is 5.11 Å². The highest BCUT2D eigenvalue weighted by Gasteiger charge is 2.18. The van der Waals surface area contributed by atoms with Crippen LogP contribution in [0.15, 0.2) is 52.0 Å². The van der Waals surface area contributed by atoms with Gasteiger partial charge in [-0.05, 0) is 31.1 Å². The Balaban J connectivity index is 2.34. The van der Waals surface area contributed by atoms with Gasteiger partial charge < -0.3 is 9.84 Å². The third kappa shape index (κ3) is 3.12. The average Bonchev–Trinajstić information content (AvgIpc) is 2.62. The molecule has 1 aromatic rings. The van der Waals surface area contributed by atoms with E-state index in [9.17, 15) is 9.90 Å². The van der Waals surface area contributed by atoms with Gasteiger partial charge >= 0.3 is 5.97 Å². The zero-order valence-electron chi connectivity index (χ0n) is 11.5. The van der Waals surface area contributed by atoms with Gasteiger partial charge in [0.2, 0.25) is 5.70 Å². The fourth-order valence-electron chi connectivity index (χ4n) is 1.80. The van der Waals surface area contributed by atoms with E-state index in [2.05, 4.69) is 10.2 Å². The molecule has 0 aliphatic carbocycles. The molecule has 0 radical (unpaired) electrons. The minimum atomic E-state index is -0.671. The fourth-order valence-corrected chi connectivity index (χ4v) is 1.80. The second-order valence-corrected chi connectivity index (χ2v) is 4.39. The van der Waals surface area contributed by atoms with Crippen LogP contribution >= 0.6 is 0 Å². The maximum absolute atomic E-state index is 11.6. The predicted molar refractivity (Wildman–Crippen MR) is 75.2 cm³/mol. The van der Waals surface area contributed by atoms with Crippen LogP contribution in [0.4, 0.5) is 0 Å². The van der Waals surface area contributed by atoms with E-state index < -0.39 is 5.97 Å². The Hall–Kier alpha value is -2.43. The summed E-state index contributed by atoms with van der Waals surface area (Å²) in [7, 11) is 0. The van der Waals surface area contributed by atoms with E-state index in [1.165, 1.54) is 6.08 Å². The number of nitrogens with zero attached hydrogens (tertiary/aromatic N) is 2. The van der Waals surface area contributed by atoms with E-state index >= 15 is 0 Å². The van der Waals surface area contributed by atoms with Crippen LogP contribution in [0.5, 0.6) is 0 Å². The average molecular weight is 272 g/mol. The van der Waals surface area contributed by atoms with E-state index in [-0.39, 0.29) is 18.1 Å². The van der Waals surface area contributed by atoms with Gasteiger partial charge in [0.15, 0.2) is 5.76 Å². The van der Waals surface area contributed by atoms with Crippen LogP contribution in [0.3, 0.4) is 0 Å². The quantitative estimate of drug-likeness (QED) is 0.859. The van der Waals surface area contributed by atoms with E-state index in [0.29, 0.717) is 6.54 Å². The molecule has 0 atom stereocenters. The highest BCUT2D eigenvalue weighted by atomic mass is 16.5. The second kappa shape index (κ2) is 6.14. The van der Waals surface area contributed by atoms with Gasteiger partial charge in [-0.25, -0.2) is 4.79 Å². The lowest BCUT2D eigenvalue weighted by Crippen LogP contribution is -2.07. The Morgan fingerprint density at radius 1 is 1.35 bits per heavy atom. The van der Waals surface area contributed by atoms with Gasteiger partial charge in [0, 0.05) is 0 Å². The molecular formula is C15H16N2O3. The minimum Gasteiger partial charge on any atom is -0.505 e. The predicted octanol–water partition coefficient (Wildman–Crippen LogP) is 3.18. The summed E-state index contributed by atoms with van der Waals surface area (Å²) in [6, 6.07) is 7.84. The zero-order valence-corrected chi connectivity index (χ0v) is 11.5. The topological polar surface area (TPSA) is 71.2 Å². The number of rotatable bonds is 3. The summed E-state index contributed by atoms with van der Waals surface area (Å²) < 4.78 is 4.82. The van der Waals surface area contributed by atoms with Crippen molar-refractivity contribution in [3.63, 3.8) is 0 Å². The first-order valence-electron chi connectivity index (χ1n) is 6.37. The maximum atomic E-state index is 11.6. The van der Waals surface area contributed by atoms with Crippen LogP contribution in [-0.4, -0.2) is 24.2 Å². The Morgan fingerprint density at radius 3 is 2.70 bits per heavy atom. The van der Waals surface area contributed by atoms with E-state index in [4.69, 9.17) is 4.74 Å². The summed E-state index contributed by atoms with van der Waals surface area (Å²) in [6.07, 6.45) is 1.51. The van der Waals surface area contributed by atoms with Crippen molar-refractivity contribution < 1.29 is 14.6 Å². The standard InChI is InChI=1S/C15H16N2O3/c1-3-20-15(19)14-13(18)8-12(9-16-17-14)11-6-4-10(2)5-7-11/h4-8,18H,3,9H2,1-2H3. The van der Waals surface area contributed by atoms with Gasteiger partial charge in [0.1, 0.15) is 0 Å². The molecule has 1 aliphatic heterocycles. The fraction of sp³-hybridized carbons (Fsp3) is 0.267. The zero-order chi connectivity index (χ0) is 14.5. The number of esters is 1. The van der Waals surface area contributed by atoms with Gasteiger partial charge in [-0.1, -0.05) is 29.8 Å². The highest BCUT2D eigenvalue weighted by Crippen LogP contribution is 2.22. The van der Waals surface area contributed by atoms with Crippen molar-refractivity contribution in [3.05, 3.63) is 52.9 Å². The molecule has 0 aromatic heterocycles. The number of aryl methyl sites for hydroxylation is 1. The highest BCUT2D eigenvalue weighted by molar-refractivity contribution is 5.89. The third-order valence-corrected chi connectivity index (χ3v) is 2.86. The van der Waals surface area contributed by atoms with Crippen molar-refractivity contribution in [1.82, 2.24) is 0 Å². The maximum Gasteiger partial charge on any atom is 0.362 e. The lowest BCUT2D eigenvalue weighted by atomic mass is 10.0. The van der Waals surface area contributed by atoms with E-state index in [1.807, 2.05) is 31.2 Å². The van der Waals surface area contributed by atoms with Crippen LogP contribution in [-0.2, 0) is 9.53 Å². The van der Waals surface area contributed by atoms with Crippen molar-refractivity contribution >= 4 is 11.5 Å². The Morgan fingerprint density at radius 2 is 2.05 bits per heavy atom. The summed E-state index contributed by atoms with van der Waals surface area (Å²) in [4.78, 5) is 11.6. The molecule has 0 saturated heterocycles. The molecule has 0 fully saturated rings. The monoisotopic (exact) mass is 272 g/mol. The summed E-state index contributed by atoms with van der Waals surface area (Å²) in [5.74, 6) is -0.893. The smallest absolute Gasteiger partial charge is 0.362 e. The lowest BCUT2D eigenvalue weighted by Gasteiger charge is -2.04. The largest absolute Gasteiger partial charge is 0.505 e. The molecule has 0 spiro atoms. The normalized spacial score (nSPS) is 14.8. The molecule has 1 heterocycles. The van der Waals surface area contributed by atoms with Crippen molar-refractivity contribution in [1.29, 1.82) is 0 Å². The van der Waals surface area contributed by atoms with Crippen molar-refractivity contribution in [3.8, 4) is 0 Å². The molecule has 20 heavy (non-hydrogen) atoms. The molecule has 2 rings (SSSR count). The van der Waals surface area contributed by atoms with Crippen LogP contribution < -0.4 is 0 Å². The number of benzene rings is 1. The molecule has 1 N–H and O–H groups in total. The molecule has 1 aliphatic rings. The van der Waals surface area contributed by atoms with Crippen LogP contribution in [0.1, 0.15) is 18.1 Å². The van der Waals surface area contributed by atoms with Gasteiger partial charge in [0.25, 0.3) is 0 Å². The van der Waals surface area contributed by atoms with Crippen LogP contribution in [0.25, 0.3) is 5.57 Å². The minimum absolute atomic E-state index is 0.158.